The maximum Gasteiger partial charge on any atom is -0.0123 e. The summed E-state index contributed by atoms with van der Waals surface area (Å²) >= 11 is 0. The van der Waals surface area contributed by atoms with Crippen LogP contribution in [0.15, 0.2) is 237 Å². The fourth-order valence-electron chi connectivity index (χ4n) is 15.9. The molecule has 0 aliphatic heterocycles. The van der Waals surface area contributed by atoms with Crippen molar-refractivity contribution >= 4 is 0 Å². The van der Waals surface area contributed by atoms with Crippen molar-refractivity contribution in [1.29, 1.82) is 0 Å². The van der Waals surface area contributed by atoms with E-state index >= 15 is 0 Å². The highest BCUT2D eigenvalue weighted by Gasteiger charge is 2.18. The van der Waals surface area contributed by atoms with Gasteiger partial charge in [-0.2, -0.15) is 0 Å². The van der Waals surface area contributed by atoms with Gasteiger partial charge >= 0.3 is 0 Å². The van der Waals surface area contributed by atoms with Gasteiger partial charge in [-0.3, -0.25) is 0 Å². The standard InChI is InChI=1S/C22H22.C19H24.C18H22.2C17H20.C16H18/c1-15-13-21(19-11-7-5-9-16(19)2)18(4)22(14-15)20-12-8-6-10-17(20)3;1-12(2)17-10-13(3)11-18(16(17)6)19-14(4)8-7-9-15(19)5;1-12(2)17-10-13(3)11-18(15(17)5)16-9-7-6-8-14(16)4;1-11-9-14(4)15(5)16(10-11)17-12(2)7-6-8-13(17)3;1-12(2)16-10-13(3)11-17(14(16)4)15-8-6-5-7-9-15;1-11-9-13(3)14(4)16(10-11)15-8-6-5-7-12(15)2/h5-14H,1-4H3;7-12H,1-6H3;6-12H,1-5H3;6-10H,1-5H3;5-12H,1-4H3;5-10H,1-4H3. The molecule has 13 rings (SSSR count). The second-order valence-corrected chi connectivity index (χ2v) is 32.2. The molecule has 13 aromatic rings. The molecule has 0 aromatic heterocycles. The predicted octanol–water partition coefficient (Wildman–Crippen LogP) is 31.9. The molecule has 0 nitrogen and oxygen atoms in total. The maximum atomic E-state index is 2.33. The van der Waals surface area contributed by atoms with Crippen LogP contribution in [0.2, 0.25) is 0 Å². The van der Waals surface area contributed by atoms with Crippen LogP contribution in [-0.2, 0) is 0 Å². The molecule has 0 heterocycles. The smallest absolute Gasteiger partial charge is 0.0123 e. The monoisotopic (exact) mass is 1430 g/mol. The molecule has 109 heavy (non-hydrogen) atoms. The molecule has 13 aromatic carbocycles. The maximum absolute atomic E-state index is 2.33. The summed E-state index contributed by atoms with van der Waals surface area (Å²) in [5.74, 6) is 1.73. The minimum absolute atomic E-state index is 0.572. The summed E-state index contributed by atoms with van der Waals surface area (Å²) in [6, 6.07) is 85.8. The van der Waals surface area contributed by atoms with E-state index in [9.17, 15) is 0 Å². The second-order valence-electron chi connectivity index (χ2n) is 32.2. The Kier molecular flexibility index (Phi) is 29.7. The number of benzene rings is 13. The first-order chi connectivity index (χ1) is 51.7. The number of rotatable bonds is 10. The molecular weight excluding hydrogens is 1310 g/mol. The third-order valence-electron chi connectivity index (χ3n) is 22.1. The quantitative estimate of drug-likeness (QED) is 0.128. The Morgan fingerprint density at radius 1 is 0.156 bits per heavy atom. The number of aryl methyl sites for hydroxylation is 16. The summed E-state index contributed by atoms with van der Waals surface area (Å²) in [4.78, 5) is 0. The molecule has 0 saturated carbocycles. The highest BCUT2D eigenvalue weighted by atomic mass is 14.2. The molecule has 0 radical (unpaired) electrons. The van der Waals surface area contributed by atoms with Gasteiger partial charge < -0.3 is 0 Å². The Bertz CT molecular complexity index is 5180. The Morgan fingerprint density at radius 2 is 0.376 bits per heavy atom. The van der Waals surface area contributed by atoms with Crippen molar-refractivity contribution in [1.82, 2.24) is 0 Å². The first-order valence-corrected chi connectivity index (χ1v) is 39.7. The molecule has 0 bridgehead atoms. The van der Waals surface area contributed by atoms with Crippen molar-refractivity contribution in [3.63, 3.8) is 0 Å². The lowest BCUT2D eigenvalue weighted by atomic mass is 9.86. The van der Waals surface area contributed by atoms with E-state index in [0.29, 0.717) is 17.8 Å². The van der Waals surface area contributed by atoms with Crippen molar-refractivity contribution in [3.8, 4) is 77.9 Å². The summed E-state index contributed by atoms with van der Waals surface area (Å²) in [6.07, 6.45) is 0. The van der Waals surface area contributed by atoms with Crippen molar-refractivity contribution in [2.45, 2.75) is 212 Å². The van der Waals surface area contributed by atoms with Crippen LogP contribution >= 0.6 is 0 Å². The summed E-state index contributed by atoms with van der Waals surface area (Å²) in [5.41, 5.74) is 53.5. The van der Waals surface area contributed by atoms with Crippen LogP contribution in [0.3, 0.4) is 0 Å². The van der Waals surface area contributed by atoms with Gasteiger partial charge in [0, 0.05) is 0 Å². The fraction of sp³-hybridized carbons (Fsp3) is 0.284. The lowest BCUT2D eigenvalue weighted by molar-refractivity contribution is 0.855. The third kappa shape index (κ3) is 21.2. The van der Waals surface area contributed by atoms with Crippen LogP contribution in [0.25, 0.3) is 77.9 Å². The van der Waals surface area contributed by atoms with E-state index in [0.717, 1.165) is 0 Å². The Morgan fingerprint density at radius 3 is 0.697 bits per heavy atom. The van der Waals surface area contributed by atoms with Gasteiger partial charge in [-0.1, -0.05) is 306 Å². The minimum Gasteiger partial charge on any atom is -0.0622 e. The molecule has 0 amide bonds. The summed E-state index contributed by atoms with van der Waals surface area (Å²) in [7, 11) is 0. The fourth-order valence-corrected chi connectivity index (χ4v) is 15.9. The molecule has 0 unspecified atom stereocenters. The van der Waals surface area contributed by atoms with E-state index in [1.807, 2.05) is 0 Å². The molecule has 0 aliphatic rings. The zero-order valence-electron chi connectivity index (χ0n) is 71.7. The third-order valence-corrected chi connectivity index (χ3v) is 22.1. The molecule has 0 heteroatoms. The zero-order chi connectivity index (χ0) is 79.8. The minimum atomic E-state index is 0.572. The first-order valence-electron chi connectivity index (χ1n) is 39.7. The second kappa shape index (κ2) is 38.3. The van der Waals surface area contributed by atoms with Gasteiger partial charge in [0.1, 0.15) is 0 Å². The average molecular weight is 1440 g/mol. The topological polar surface area (TPSA) is 0 Å². The largest absolute Gasteiger partial charge is 0.0622 e. The molecule has 0 N–H and O–H groups in total. The Balaban J connectivity index is 0.000000165. The molecule has 0 saturated heterocycles. The van der Waals surface area contributed by atoms with Gasteiger partial charge in [0.25, 0.3) is 0 Å². The highest BCUT2D eigenvalue weighted by Crippen LogP contribution is 2.40. The van der Waals surface area contributed by atoms with Crippen molar-refractivity contribution in [2.24, 2.45) is 0 Å². The zero-order valence-corrected chi connectivity index (χ0v) is 71.7. The van der Waals surface area contributed by atoms with Crippen LogP contribution in [0.5, 0.6) is 0 Å². The SMILES string of the molecule is Cc1cc(-c2c(C)cccc2C)c(C)c(C(C)C)c1.Cc1cc(-c2ccccc2)c(C)c(C(C)C)c1.Cc1cc(-c2ccccc2C)c(C)c(-c2ccccc2C)c1.Cc1cc(-c2ccccc2C)c(C)c(C(C)C)c1.Cc1cc(C)c(C)c(-c2c(C)cccc2C)c1.Cc1cc(C)c(C)c(-c2ccccc2C)c1. The van der Waals surface area contributed by atoms with E-state index in [-0.39, 0.29) is 0 Å². The lowest BCUT2D eigenvalue weighted by Crippen LogP contribution is -1.98. The molecule has 0 fully saturated rings. The Hall–Kier alpha value is -10.1. The molecule has 0 spiro atoms. The van der Waals surface area contributed by atoms with Crippen LogP contribution in [-0.4, -0.2) is 0 Å². The van der Waals surface area contributed by atoms with E-state index in [1.54, 1.807) is 0 Å². The normalized spacial score (nSPS) is 10.8. The van der Waals surface area contributed by atoms with E-state index < -0.39 is 0 Å². The highest BCUT2D eigenvalue weighted by molar-refractivity contribution is 5.83. The van der Waals surface area contributed by atoms with Crippen LogP contribution in [0.1, 0.15) is 198 Å². The van der Waals surface area contributed by atoms with Gasteiger partial charge in [-0.05, 0) is 359 Å². The molecule has 0 aliphatic carbocycles. The lowest BCUT2D eigenvalue weighted by Gasteiger charge is -2.19. The summed E-state index contributed by atoms with van der Waals surface area (Å²) in [5, 5.41) is 0. The number of hydrogen-bond acceptors (Lipinski definition) is 0. The molecule has 0 atom stereocenters. The van der Waals surface area contributed by atoms with Crippen molar-refractivity contribution in [2.75, 3.05) is 0 Å². The summed E-state index contributed by atoms with van der Waals surface area (Å²) < 4.78 is 0. The predicted molar refractivity (Wildman–Crippen MR) is 483 cm³/mol. The van der Waals surface area contributed by atoms with Crippen LogP contribution in [0, 0.1) is 152 Å². The van der Waals surface area contributed by atoms with Gasteiger partial charge in [0.2, 0.25) is 0 Å². The van der Waals surface area contributed by atoms with Gasteiger partial charge in [-0.25, -0.2) is 0 Å². The van der Waals surface area contributed by atoms with Crippen molar-refractivity contribution < 1.29 is 0 Å². The van der Waals surface area contributed by atoms with Gasteiger partial charge in [0.05, 0.1) is 0 Å². The van der Waals surface area contributed by atoms with Crippen LogP contribution < -0.4 is 0 Å². The molecule has 562 valence electrons. The number of hydrogen-bond donors (Lipinski definition) is 0. The molecular formula is C109H126. The van der Waals surface area contributed by atoms with E-state index in [2.05, 4.69) is 430 Å². The summed E-state index contributed by atoms with van der Waals surface area (Å²) in [6.45, 7) is 62.0. The van der Waals surface area contributed by atoms with Gasteiger partial charge in [-0.15, -0.1) is 0 Å². The first kappa shape index (κ1) is 84.5. The average Bonchev–Trinajstić information content (AvgIpc) is 0.789. The van der Waals surface area contributed by atoms with Crippen LogP contribution in [0.4, 0.5) is 0 Å². The van der Waals surface area contributed by atoms with Crippen molar-refractivity contribution in [3.05, 3.63) is 376 Å². The van der Waals surface area contributed by atoms with Gasteiger partial charge in [0.15, 0.2) is 0 Å². The Labute approximate surface area is 660 Å². The van der Waals surface area contributed by atoms with E-state index in [4.69, 9.17) is 0 Å². The van der Waals surface area contributed by atoms with E-state index in [1.165, 1.54) is 217 Å².